The molecule has 154 valence electrons. The van der Waals surface area contributed by atoms with Gasteiger partial charge in [0.1, 0.15) is 0 Å². The molecule has 2 aromatic rings. The van der Waals surface area contributed by atoms with Gasteiger partial charge in [0.15, 0.2) is 5.17 Å². The molecular weight excluding hydrogens is 434 g/mol. The summed E-state index contributed by atoms with van der Waals surface area (Å²) in [7, 11) is 0. The SMILES string of the molecule is CCN1C(=O)C(=CC=C2Sc3ccc(Cl)cc3N2CC)SC1=Nc1ccccc1C. The van der Waals surface area contributed by atoms with Crippen LogP contribution in [0.5, 0.6) is 0 Å². The molecule has 4 nitrogen and oxygen atoms in total. The van der Waals surface area contributed by atoms with Crippen LogP contribution in [0, 0.1) is 6.92 Å². The number of amidine groups is 1. The Hall–Kier alpha value is -2.15. The van der Waals surface area contributed by atoms with Crippen LogP contribution in [-0.4, -0.2) is 29.1 Å². The van der Waals surface area contributed by atoms with Gasteiger partial charge in [-0.15, -0.1) is 0 Å². The Morgan fingerprint density at radius 1 is 1.03 bits per heavy atom. The van der Waals surface area contributed by atoms with E-state index in [4.69, 9.17) is 16.6 Å². The second-order valence-corrected chi connectivity index (χ2v) is 9.33. The Labute approximate surface area is 190 Å². The molecule has 0 aliphatic carbocycles. The number of hydrogen-bond acceptors (Lipinski definition) is 5. The minimum absolute atomic E-state index is 0.00158. The summed E-state index contributed by atoms with van der Waals surface area (Å²) in [6, 6.07) is 13.9. The molecule has 1 amide bonds. The van der Waals surface area contributed by atoms with Gasteiger partial charge >= 0.3 is 0 Å². The van der Waals surface area contributed by atoms with Crippen molar-refractivity contribution in [3.8, 4) is 0 Å². The van der Waals surface area contributed by atoms with Crippen molar-refractivity contribution in [1.29, 1.82) is 0 Å². The summed E-state index contributed by atoms with van der Waals surface area (Å²) >= 11 is 9.31. The molecule has 0 aromatic heterocycles. The smallest absolute Gasteiger partial charge is 0.266 e. The van der Waals surface area contributed by atoms with Gasteiger partial charge < -0.3 is 4.90 Å². The van der Waals surface area contributed by atoms with Gasteiger partial charge in [0.2, 0.25) is 0 Å². The first-order chi connectivity index (χ1) is 14.5. The molecule has 1 saturated heterocycles. The number of hydrogen-bond donors (Lipinski definition) is 0. The van der Waals surface area contributed by atoms with Gasteiger partial charge in [-0.3, -0.25) is 9.69 Å². The number of aryl methyl sites for hydroxylation is 1. The third-order valence-electron chi connectivity index (χ3n) is 4.92. The van der Waals surface area contributed by atoms with E-state index < -0.39 is 0 Å². The lowest BCUT2D eigenvalue weighted by molar-refractivity contribution is -0.122. The van der Waals surface area contributed by atoms with Crippen LogP contribution in [-0.2, 0) is 4.79 Å². The fourth-order valence-electron chi connectivity index (χ4n) is 3.35. The predicted octanol–water partition coefficient (Wildman–Crippen LogP) is 6.59. The van der Waals surface area contributed by atoms with E-state index in [0.29, 0.717) is 11.4 Å². The molecule has 2 aliphatic heterocycles. The molecule has 2 aromatic carbocycles. The molecular formula is C23H22ClN3OS2. The Bertz CT molecular complexity index is 1090. The maximum absolute atomic E-state index is 12.9. The van der Waals surface area contributed by atoms with Gasteiger partial charge in [0.05, 0.1) is 21.3 Å². The van der Waals surface area contributed by atoms with Gasteiger partial charge in [-0.05, 0) is 74.5 Å². The second kappa shape index (κ2) is 8.92. The molecule has 4 rings (SSSR count). The number of fused-ring (bicyclic) bond motifs is 1. The van der Waals surface area contributed by atoms with Gasteiger partial charge in [0, 0.05) is 23.0 Å². The molecule has 7 heteroatoms. The van der Waals surface area contributed by atoms with Crippen LogP contribution in [0.25, 0.3) is 0 Å². The molecule has 1 fully saturated rings. The summed E-state index contributed by atoms with van der Waals surface area (Å²) in [6.45, 7) is 7.53. The van der Waals surface area contributed by atoms with E-state index in [2.05, 4.69) is 11.8 Å². The van der Waals surface area contributed by atoms with Crippen molar-refractivity contribution in [2.75, 3.05) is 18.0 Å². The zero-order chi connectivity index (χ0) is 21.3. The van der Waals surface area contributed by atoms with Crippen molar-refractivity contribution >= 4 is 57.6 Å². The molecule has 30 heavy (non-hydrogen) atoms. The number of para-hydroxylation sites is 1. The largest absolute Gasteiger partial charge is 0.335 e. The third-order valence-corrected chi connectivity index (χ3v) is 7.31. The zero-order valence-electron chi connectivity index (χ0n) is 17.1. The van der Waals surface area contributed by atoms with Crippen LogP contribution in [0.4, 0.5) is 11.4 Å². The number of allylic oxidation sites excluding steroid dienone is 2. The Morgan fingerprint density at radius 3 is 2.53 bits per heavy atom. The van der Waals surface area contributed by atoms with Crippen molar-refractivity contribution in [2.24, 2.45) is 4.99 Å². The molecule has 2 heterocycles. The third kappa shape index (κ3) is 4.04. The average molecular weight is 456 g/mol. The topological polar surface area (TPSA) is 35.9 Å². The van der Waals surface area contributed by atoms with Crippen molar-refractivity contribution in [3.05, 3.63) is 75.1 Å². The van der Waals surface area contributed by atoms with Gasteiger partial charge in [-0.25, -0.2) is 4.99 Å². The monoisotopic (exact) mass is 455 g/mol. The standard InChI is InChI=1S/C23H22ClN3OS2/c1-4-26-18-14-16(24)10-11-19(18)29-21(26)13-12-20-22(28)27(5-2)23(30-20)25-17-9-7-6-8-15(17)3/h6-14H,4-5H2,1-3H3. The summed E-state index contributed by atoms with van der Waals surface area (Å²) in [6.07, 6.45) is 3.93. The predicted molar refractivity (Wildman–Crippen MR) is 130 cm³/mol. The van der Waals surface area contributed by atoms with Crippen molar-refractivity contribution in [2.45, 2.75) is 25.7 Å². The minimum atomic E-state index is -0.00158. The van der Waals surface area contributed by atoms with Gasteiger partial charge in [0.25, 0.3) is 5.91 Å². The fraction of sp³-hybridized carbons (Fsp3) is 0.217. The van der Waals surface area contributed by atoms with Crippen molar-refractivity contribution in [3.63, 3.8) is 0 Å². The van der Waals surface area contributed by atoms with E-state index in [9.17, 15) is 4.79 Å². The molecule has 0 N–H and O–H groups in total. The number of anilines is 1. The van der Waals surface area contributed by atoms with Crippen LogP contribution < -0.4 is 4.90 Å². The molecule has 0 unspecified atom stereocenters. The highest BCUT2D eigenvalue weighted by Crippen LogP contribution is 2.47. The number of rotatable bonds is 4. The first-order valence-corrected chi connectivity index (χ1v) is 11.8. The fourth-order valence-corrected chi connectivity index (χ4v) is 5.62. The number of nitrogens with zero attached hydrogens (tertiary/aromatic N) is 3. The number of halogens is 1. The van der Waals surface area contributed by atoms with E-state index in [1.807, 2.05) is 68.5 Å². The number of likely N-dealkylation sites (N-methyl/N-ethyl adjacent to an activating group) is 1. The Balaban J connectivity index is 1.63. The van der Waals surface area contributed by atoms with Crippen molar-refractivity contribution < 1.29 is 4.79 Å². The lowest BCUT2D eigenvalue weighted by atomic mass is 10.2. The number of amides is 1. The molecule has 0 bridgehead atoms. The normalized spacial score (nSPS) is 20.1. The van der Waals surface area contributed by atoms with Crippen molar-refractivity contribution in [1.82, 2.24) is 4.90 Å². The molecule has 0 saturated carbocycles. The number of carbonyl (C=O) groups excluding carboxylic acids is 1. The molecule has 0 radical (unpaired) electrons. The highest BCUT2D eigenvalue weighted by Gasteiger charge is 2.32. The Morgan fingerprint density at radius 2 is 1.80 bits per heavy atom. The van der Waals surface area contributed by atoms with E-state index >= 15 is 0 Å². The summed E-state index contributed by atoms with van der Waals surface area (Å²) < 4.78 is 0. The first-order valence-electron chi connectivity index (χ1n) is 9.82. The van der Waals surface area contributed by atoms with Gasteiger partial charge in [-0.1, -0.05) is 41.6 Å². The number of thioether (sulfide) groups is 2. The van der Waals surface area contributed by atoms with E-state index in [1.54, 1.807) is 16.7 Å². The van der Waals surface area contributed by atoms with Crippen LogP contribution in [0.2, 0.25) is 5.02 Å². The zero-order valence-corrected chi connectivity index (χ0v) is 19.4. The molecule has 0 spiro atoms. The number of aliphatic imine (C=N–C) groups is 1. The lowest BCUT2D eigenvalue weighted by Gasteiger charge is -2.17. The maximum Gasteiger partial charge on any atom is 0.266 e. The quantitative estimate of drug-likeness (QED) is 0.487. The summed E-state index contributed by atoms with van der Waals surface area (Å²) in [5.41, 5.74) is 3.09. The molecule has 0 atom stereocenters. The number of carbonyl (C=O) groups is 1. The lowest BCUT2D eigenvalue weighted by Crippen LogP contribution is -2.28. The number of benzene rings is 2. The van der Waals surface area contributed by atoms with E-state index in [-0.39, 0.29) is 5.91 Å². The second-order valence-electron chi connectivity index (χ2n) is 6.83. The maximum atomic E-state index is 12.9. The highest BCUT2D eigenvalue weighted by atomic mass is 35.5. The summed E-state index contributed by atoms with van der Waals surface area (Å²) in [4.78, 5) is 23.5. The average Bonchev–Trinajstić information content (AvgIpc) is 3.23. The van der Waals surface area contributed by atoms with Crippen LogP contribution in [0.3, 0.4) is 0 Å². The van der Waals surface area contributed by atoms with E-state index in [1.165, 1.54) is 16.7 Å². The van der Waals surface area contributed by atoms with Crippen LogP contribution in [0.15, 0.2) is 74.4 Å². The van der Waals surface area contributed by atoms with Crippen LogP contribution >= 0.6 is 35.1 Å². The molecule has 2 aliphatic rings. The highest BCUT2D eigenvalue weighted by molar-refractivity contribution is 8.18. The van der Waals surface area contributed by atoms with Crippen LogP contribution in [0.1, 0.15) is 19.4 Å². The summed E-state index contributed by atoms with van der Waals surface area (Å²) in [5, 5.41) is 2.54. The Kier molecular flexibility index (Phi) is 6.27. The minimum Gasteiger partial charge on any atom is -0.335 e. The summed E-state index contributed by atoms with van der Waals surface area (Å²) in [5.74, 6) is -0.00158. The van der Waals surface area contributed by atoms with E-state index in [0.717, 1.165) is 38.7 Å². The van der Waals surface area contributed by atoms with Gasteiger partial charge in [-0.2, -0.15) is 0 Å². The first kappa shape index (κ1) is 21.1.